The van der Waals surface area contributed by atoms with Gasteiger partial charge in [0.15, 0.2) is 5.58 Å². The van der Waals surface area contributed by atoms with Gasteiger partial charge in [0.25, 0.3) is 0 Å². The molecule has 0 fully saturated rings. The molecule has 6 heteroatoms. The van der Waals surface area contributed by atoms with Crippen LogP contribution in [0.2, 0.25) is 5.02 Å². The third kappa shape index (κ3) is 3.12. The predicted octanol–water partition coefficient (Wildman–Crippen LogP) is 4.57. The Bertz CT molecular complexity index is 928. The van der Waals surface area contributed by atoms with Crippen LogP contribution >= 0.6 is 11.6 Å². The molecule has 122 valence electrons. The van der Waals surface area contributed by atoms with Crippen molar-refractivity contribution in [3.8, 4) is 5.75 Å². The molecule has 0 atom stereocenters. The van der Waals surface area contributed by atoms with E-state index in [2.05, 4.69) is 5.32 Å². The second kappa shape index (κ2) is 6.37. The lowest BCUT2D eigenvalue weighted by Gasteiger charge is -2.05. The molecule has 1 aromatic heterocycles. The molecule has 1 heterocycles. The summed E-state index contributed by atoms with van der Waals surface area (Å²) >= 11 is 6.09. The third-order valence-corrected chi connectivity index (χ3v) is 3.78. The van der Waals surface area contributed by atoms with Gasteiger partial charge in [-0.1, -0.05) is 23.7 Å². The summed E-state index contributed by atoms with van der Waals surface area (Å²) in [5.41, 5.74) is 1.76. The maximum absolute atomic E-state index is 12.3. The van der Waals surface area contributed by atoms with Gasteiger partial charge < -0.3 is 14.5 Å². The number of halogens is 1. The largest absolute Gasteiger partial charge is 0.447 e. The van der Waals surface area contributed by atoms with Crippen LogP contribution in [0.1, 0.15) is 23.0 Å². The topological polar surface area (TPSA) is 68.5 Å². The lowest BCUT2D eigenvalue weighted by Crippen LogP contribution is -2.09. The van der Waals surface area contributed by atoms with E-state index in [-0.39, 0.29) is 11.7 Å². The monoisotopic (exact) mass is 343 g/mol. The van der Waals surface area contributed by atoms with E-state index in [4.69, 9.17) is 20.8 Å². The van der Waals surface area contributed by atoms with E-state index >= 15 is 0 Å². The third-order valence-electron chi connectivity index (χ3n) is 3.49. The average molecular weight is 344 g/mol. The zero-order chi connectivity index (χ0) is 17.3. The summed E-state index contributed by atoms with van der Waals surface area (Å²) in [5.74, 6) is -0.314. The molecule has 1 N–H and O–H groups in total. The molecule has 0 spiro atoms. The van der Waals surface area contributed by atoms with Gasteiger partial charge in [0.05, 0.1) is 5.02 Å². The van der Waals surface area contributed by atoms with Gasteiger partial charge in [-0.25, -0.2) is 4.79 Å². The molecule has 0 aliphatic rings. The van der Waals surface area contributed by atoms with Crippen LogP contribution in [-0.2, 0) is 4.79 Å². The molecular formula is C18H14ClNO4. The van der Waals surface area contributed by atoms with Gasteiger partial charge in [0.2, 0.25) is 11.7 Å². The number of carbonyl (C=O) groups excluding carboxylic acids is 2. The second-order valence-corrected chi connectivity index (χ2v) is 5.67. The first-order valence-corrected chi connectivity index (χ1v) is 7.61. The molecule has 0 radical (unpaired) electrons. The highest BCUT2D eigenvalue weighted by atomic mass is 35.5. The van der Waals surface area contributed by atoms with E-state index in [0.717, 1.165) is 5.39 Å². The summed E-state index contributed by atoms with van der Waals surface area (Å²) in [5, 5.41) is 3.85. The van der Waals surface area contributed by atoms with Crippen molar-refractivity contribution < 1.29 is 18.7 Å². The van der Waals surface area contributed by atoms with Gasteiger partial charge in [-0.3, -0.25) is 4.79 Å². The number of rotatable bonds is 3. The molecule has 3 aromatic rings. The summed E-state index contributed by atoms with van der Waals surface area (Å²) in [6.45, 7) is 3.20. The number of aryl methyl sites for hydroxylation is 1. The molecule has 0 unspecified atom stereocenters. The van der Waals surface area contributed by atoms with E-state index < -0.39 is 5.97 Å². The van der Waals surface area contributed by atoms with Crippen molar-refractivity contribution >= 4 is 40.1 Å². The van der Waals surface area contributed by atoms with Gasteiger partial charge in [-0.15, -0.1) is 0 Å². The van der Waals surface area contributed by atoms with E-state index in [1.54, 1.807) is 43.3 Å². The lowest BCUT2D eigenvalue weighted by atomic mass is 10.1. The van der Waals surface area contributed by atoms with Gasteiger partial charge in [0.1, 0.15) is 5.75 Å². The van der Waals surface area contributed by atoms with Crippen molar-refractivity contribution in [1.29, 1.82) is 0 Å². The minimum atomic E-state index is -0.605. The number of esters is 1. The van der Waals surface area contributed by atoms with Gasteiger partial charge in [-0.05, 0) is 37.3 Å². The standard InChI is InChI=1S/C18H14ClNO4/c1-10-14-4-3-5-15(19)17(14)24-16(10)18(22)23-13-8-6-12(7-9-13)20-11(2)21/h3-9H,1-2H3,(H,20,21). The maximum atomic E-state index is 12.3. The Balaban J connectivity index is 1.84. The molecule has 0 saturated heterocycles. The number of para-hydroxylation sites is 1. The Morgan fingerprint density at radius 2 is 1.83 bits per heavy atom. The van der Waals surface area contributed by atoms with Crippen molar-refractivity contribution in [2.24, 2.45) is 0 Å². The number of benzene rings is 2. The fourth-order valence-corrected chi connectivity index (χ4v) is 2.58. The molecular weight excluding hydrogens is 330 g/mol. The van der Waals surface area contributed by atoms with Crippen LogP contribution in [0.3, 0.4) is 0 Å². The van der Waals surface area contributed by atoms with Crippen LogP contribution in [-0.4, -0.2) is 11.9 Å². The summed E-state index contributed by atoms with van der Waals surface area (Å²) < 4.78 is 10.9. The summed E-state index contributed by atoms with van der Waals surface area (Å²) in [6, 6.07) is 11.8. The van der Waals surface area contributed by atoms with Crippen LogP contribution < -0.4 is 10.1 Å². The van der Waals surface area contributed by atoms with Gasteiger partial charge in [-0.2, -0.15) is 0 Å². The Morgan fingerprint density at radius 3 is 2.46 bits per heavy atom. The SMILES string of the molecule is CC(=O)Nc1ccc(OC(=O)c2oc3c(Cl)cccc3c2C)cc1. The van der Waals surface area contributed by atoms with Crippen LogP contribution in [0, 0.1) is 6.92 Å². The average Bonchev–Trinajstić information content (AvgIpc) is 2.88. The number of hydrogen-bond acceptors (Lipinski definition) is 4. The van der Waals surface area contributed by atoms with E-state index in [9.17, 15) is 9.59 Å². The minimum Gasteiger partial charge on any atom is -0.447 e. The summed E-state index contributed by atoms with van der Waals surface area (Å²) in [4.78, 5) is 23.3. The normalized spacial score (nSPS) is 10.6. The molecule has 0 aliphatic heterocycles. The lowest BCUT2D eigenvalue weighted by molar-refractivity contribution is -0.114. The summed E-state index contributed by atoms with van der Waals surface area (Å²) in [6.07, 6.45) is 0. The fourth-order valence-electron chi connectivity index (χ4n) is 2.37. The van der Waals surface area contributed by atoms with Crippen molar-refractivity contribution in [3.05, 3.63) is 58.8 Å². The van der Waals surface area contributed by atoms with E-state index in [1.807, 2.05) is 6.07 Å². The molecule has 0 bridgehead atoms. The van der Waals surface area contributed by atoms with Gasteiger partial charge >= 0.3 is 5.97 Å². The van der Waals surface area contributed by atoms with Crippen LogP contribution in [0.25, 0.3) is 11.0 Å². The Kier molecular flexibility index (Phi) is 4.27. The number of hydrogen-bond donors (Lipinski definition) is 1. The Hall–Kier alpha value is -2.79. The number of amides is 1. The van der Waals surface area contributed by atoms with Crippen LogP contribution in [0.5, 0.6) is 5.75 Å². The molecule has 3 rings (SSSR count). The summed E-state index contributed by atoms with van der Waals surface area (Å²) in [7, 11) is 0. The molecule has 24 heavy (non-hydrogen) atoms. The number of furan rings is 1. The highest BCUT2D eigenvalue weighted by Crippen LogP contribution is 2.31. The number of carbonyl (C=O) groups is 2. The second-order valence-electron chi connectivity index (χ2n) is 5.27. The highest BCUT2D eigenvalue weighted by molar-refractivity contribution is 6.35. The van der Waals surface area contributed by atoms with Crippen molar-refractivity contribution in [2.75, 3.05) is 5.32 Å². The van der Waals surface area contributed by atoms with E-state index in [0.29, 0.717) is 27.6 Å². The molecule has 2 aromatic carbocycles. The first-order chi connectivity index (χ1) is 11.5. The Labute approximate surface area is 143 Å². The molecule has 0 saturated carbocycles. The van der Waals surface area contributed by atoms with Crippen molar-refractivity contribution in [1.82, 2.24) is 0 Å². The van der Waals surface area contributed by atoms with Gasteiger partial charge in [0, 0.05) is 23.6 Å². The maximum Gasteiger partial charge on any atom is 0.379 e. The first kappa shape index (κ1) is 16.1. The predicted molar refractivity (Wildman–Crippen MR) is 91.7 cm³/mol. The number of nitrogens with one attached hydrogen (secondary N) is 1. The van der Waals surface area contributed by atoms with Crippen LogP contribution in [0.15, 0.2) is 46.9 Å². The molecule has 1 amide bonds. The molecule has 5 nitrogen and oxygen atoms in total. The van der Waals surface area contributed by atoms with Crippen LogP contribution in [0.4, 0.5) is 5.69 Å². The minimum absolute atomic E-state index is 0.115. The number of ether oxygens (including phenoxy) is 1. The van der Waals surface area contributed by atoms with Crippen molar-refractivity contribution in [3.63, 3.8) is 0 Å². The van der Waals surface area contributed by atoms with E-state index in [1.165, 1.54) is 6.92 Å². The number of anilines is 1. The zero-order valence-electron chi connectivity index (χ0n) is 13.1. The quantitative estimate of drug-likeness (QED) is 0.558. The zero-order valence-corrected chi connectivity index (χ0v) is 13.8. The highest BCUT2D eigenvalue weighted by Gasteiger charge is 2.20. The smallest absolute Gasteiger partial charge is 0.379 e. The molecule has 0 aliphatic carbocycles. The van der Waals surface area contributed by atoms with Crippen molar-refractivity contribution in [2.45, 2.75) is 13.8 Å². The fraction of sp³-hybridized carbons (Fsp3) is 0.111. The number of fused-ring (bicyclic) bond motifs is 1. The first-order valence-electron chi connectivity index (χ1n) is 7.23. The Morgan fingerprint density at radius 1 is 1.12 bits per heavy atom.